The first-order valence-electron chi connectivity index (χ1n) is 4.22. The van der Waals surface area contributed by atoms with Crippen LogP contribution in [-0.4, -0.2) is 18.2 Å². The van der Waals surface area contributed by atoms with Gasteiger partial charge in [0.25, 0.3) is 0 Å². The van der Waals surface area contributed by atoms with Gasteiger partial charge in [0.1, 0.15) is 0 Å². The van der Waals surface area contributed by atoms with Gasteiger partial charge in [-0.1, -0.05) is 23.7 Å². The van der Waals surface area contributed by atoms with Crippen LogP contribution in [0.25, 0.3) is 10.7 Å². The molecule has 0 heterocycles. The molecular formula is C10H8ClN2O3+. The van der Waals surface area contributed by atoms with Crippen LogP contribution in [0.1, 0.15) is 5.56 Å². The second-order valence-corrected chi connectivity index (χ2v) is 3.24. The number of hydrogen-bond acceptors (Lipinski definition) is 4. The van der Waals surface area contributed by atoms with Crippen molar-refractivity contribution >= 4 is 23.3 Å². The molecule has 1 N–H and O–H groups in total. The molecule has 0 atom stereocenters. The minimum Gasteiger partial charge on any atom is -0.501 e. The minimum atomic E-state index is -0.944. The Morgan fingerprint density at radius 2 is 2.25 bits per heavy atom. The zero-order valence-corrected chi connectivity index (χ0v) is 9.10. The SMILES string of the molecule is COC(=O)/C([N+]#N)=C(\O)c1cccc(Cl)c1. The number of halogens is 1. The van der Waals surface area contributed by atoms with E-state index < -0.39 is 17.4 Å². The van der Waals surface area contributed by atoms with E-state index in [2.05, 4.69) is 9.71 Å². The molecule has 0 saturated carbocycles. The van der Waals surface area contributed by atoms with Crippen molar-refractivity contribution in [3.05, 3.63) is 45.5 Å². The molecule has 0 saturated heterocycles. The van der Waals surface area contributed by atoms with E-state index >= 15 is 0 Å². The summed E-state index contributed by atoms with van der Waals surface area (Å²) in [5, 5.41) is 18.7. The van der Waals surface area contributed by atoms with E-state index in [0.29, 0.717) is 5.02 Å². The Morgan fingerprint density at radius 1 is 1.56 bits per heavy atom. The molecule has 5 nitrogen and oxygen atoms in total. The molecule has 1 aromatic carbocycles. The summed E-state index contributed by atoms with van der Waals surface area (Å²) < 4.78 is 4.33. The van der Waals surface area contributed by atoms with Crippen LogP contribution >= 0.6 is 11.6 Å². The summed E-state index contributed by atoms with van der Waals surface area (Å²) in [6.07, 6.45) is 0. The van der Waals surface area contributed by atoms with E-state index in [4.69, 9.17) is 17.0 Å². The average molecular weight is 240 g/mol. The number of diazo groups is 1. The Labute approximate surface area is 96.5 Å². The van der Waals surface area contributed by atoms with E-state index in [0.717, 1.165) is 7.11 Å². The Balaban J connectivity index is 3.26. The third-order valence-corrected chi connectivity index (χ3v) is 2.04. The van der Waals surface area contributed by atoms with E-state index in [-0.39, 0.29) is 5.56 Å². The van der Waals surface area contributed by atoms with Gasteiger partial charge in [-0.3, -0.25) is 0 Å². The highest BCUT2D eigenvalue weighted by molar-refractivity contribution is 6.30. The highest BCUT2D eigenvalue weighted by Gasteiger charge is 2.30. The fourth-order valence-electron chi connectivity index (χ4n) is 1.05. The summed E-state index contributed by atoms with van der Waals surface area (Å²) >= 11 is 5.71. The van der Waals surface area contributed by atoms with Crippen molar-refractivity contribution in [2.24, 2.45) is 0 Å². The lowest BCUT2D eigenvalue weighted by Gasteiger charge is -1.97. The van der Waals surface area contributed by atoms with Gasteiger partial charge in [-0.05, 0) is 12.1 Å². The van der Waals surface area contributed by atoms with Gasteiger partial charge in [-0.25, -0.2) is 4.79 Å². The van der Waals surface area contributed by atoms with Gasteiger partial charge in [-0.2, -0.15) is 0 Å². The lowest BCUT2D eigenvalue weighted by Crippen LogP contribution is -2.04. The van der Waals surface area contributed by atoms with Gasteiger partial charge in [0.2, 0.25) is 11.2 Å². The average Bonchev–Trinajstić information content (AvgIpc) is 2.29. The Kier molecular flexibility index (Phi) is 3.86. The van der Waals surface area contributed by atoms with Crippen molar-refractivity contribution < 1.29 is 14.6 Å². The van der Waals surface area contributed by atoms with Crippen LogP contribution in [0.15, 0.2) is 30.0 Å². The van der Waals surface area contributed by atoms with E-state index in [1.807, 2.05) is 0 Å². The molecule has 0 bridgehead atoms. The second-order valence-electron chi connectivity index (χ2n) is 2.80. The molecule has 0 aliphatic heterocycles. The third kappa shape index (κ3) is 2.49. The number of aliphatic hydroxyl groups excluding tert-OH is 1. The molecule has 1 aromatic rings. The van der Waals surface area contributed by atoms with E-state index in [1.165, 1.54) is 12.1 Å². The van der Waals surface area contributed by atoms with Crippen LogP contribution in [0.5, 0.6) is 0 Å². The van der Waals surface area contributed by atoms with Crippen LogP contribution < -0.4 is 0 Å². The van der Waals surface area contributed by atoms with Crippen molar-refractivity contribution in [2.75, 3.05) is 7.11 Å². The highest BCUT2D eigenvalue weighted by Crippen LogP contribution is 2.21. The van der Waals surface area contributed by atoms with Crippen molar-refractivity contribution in [2.45, 2.75) is 0 Å². The predicted octanol–water partition coefficient (Wildman–Crippen LogP) is 2.59. The molecule has 0 spiro atoms. The highest BCUT2D eigenvalue weighted by atomic mass is 35.5. The quantitative estimate of drug-likeness (QED) is 0.373. The molecule has 0 aromatic heterocycles. The number of aliphatic hydroxyl groups is 1. The standard InChI is InChI=1S/C10H7ClN2O3/c1-16-10(15)8(13-12)9(14)6-3-2-4-7(11)5-6/h2-5H,1H3/p+1. The monoisotopic (exact) mass is 239 g/mol. The number of carbonyl (C=O) groups excluding carboxylic acids is 1. The van der Waals surface area contributed by atoms with Crippen LogP contribution in [0.4, 0.5) is 0 Å². The smallest absolute Gasteiger partial charge is 0.501 e. The molecule has 16 heavy (non-hydrogen) atoms. The Morgan fingerprint density at radius 3 is 2.75 bits per heavy atom. The van der Waals surface area contributed by atoms with Gasteiger partial charge in [0.15, 0.2) is 4.98 Å². The van der Waals surface area contributed by atoms with E-state index in [1.54, 1.807) is 12.1 Å². The number of hydrogen-bond donors (Lipinski definition) is 1. The summed E-state index contributed by atoms with van der Waals surface area (Å²) in [5.41, 5.74) is -0.324. The molecule has 0 aliphatic rings. The maximum absolute atomic E-state index is 11.1. The van der Waals surface area contributed by atoms with Crippen LogP contribution in [-0.2, 0) is 9.53 Å². The molecule has 0 radical (unpaired) electrons. The number of benzene rings is 1. The minimum absolute atomic E-state index is 0.255. The Hall–Kier alpha value is -2.06. The number of carbonyl (C=O) groups is 1. The second kappa shape index (κ2) is 5.14. The van der Waals surface area contributed by atoms with E-state index in [9.17, 15) is 9.90 Å². The van der Waals surface area contributed by atoms with Crippen LogP contribution in [0.3, 0.4) is 0 Å². The third-order valence-electron chi connectivity index (χ3n) is 1.80. The van der Waals surface area contributed by atoms with Crippen LogP contribution in [0, 0.1) is 5.39 Å². The molecular weight excluding hydrogens is 232 g/mol. The lowest BCUT2D eigenvalue weighted by molar-refractivity contribution is -0.135. The van der Waals surface area contributed by atoms with Crippen molar-refractivity contribution in [1.82, 2.24) is 0 Å². The maximum atomic E-state index is 11.1. The zero-order chi connectivity index (χ0) is 12.1. The van der Waals surface area contributed by atoms with Gasteiger partial charge in [0, 0.05) is 10.6 Å². The molecule has 82 valence electrons. The first-order valence-corrected chi connectivity index (χ1v) is 4.60. The number of ether oxygens (including phenoxy) is 1. The topological polar surface area (TPSA) is 74.7 Å². The maximum Gasteiger partial charge on any atom is 0.510 e. The summed E-state index contributed by atoms with van der Waals surface area (Å²) in [7, 11) is 1.11. The predicted molar refractivity (Wildman–Crippen MR) is 58.1 cm³/mol. The first-order chi connectivity index (χ1) is 7.60. The van der Waals surface area contributed by atoms with Gasteiger partial charge in [-0.15, -0.1) is 0 Å². The van der Waals surface area contributed by atoms with Crippen molar-refractivity contribution in [3.8, 4) is 0 Å². The lowest BCUT2D eigenvalue weighted by atomic mass is 10.1. The largest absolute Gasteiger partial charge is 0.510 e. The summed E-state index contributed by atoms with van der Waals surface area (Å²) in [6.45, 7) is 0. The Bertz CT molecular complexity index is 491. The summed E-state index contributed by atoms with van der Waals surface area (Å²) in [4.78, 5) is 13.8. The van der Waals surface area contributed by atoms with Crippen molar-refractivity contribution in [1.29, 1.82) is 5.39 Å². The molecule has 0 amide bonds. The summed E-state index contributed by atoms with van der Waals surface area (Å²) in [6, 6.07) is 6.12. The summed E-state index contributed by atoms with van der Waals surface area (Å²) in [5.74, 6) is -1.45. The normalized spacial score (nSPS) is 11.3. The molecule has 0 aliphatic carbocycles. The zero-order valence-electron chi connectivity index (χ0n) is 8.35. The number of rotatable bonds is 2. The number of methoxy groups -OCH3 is 1. The number of nitrogens with zero attached hydrogens (tertiary/aromatic N) is 2. The van der Waals surface area contributed by atoms with Crippen molar-refractivity contribution in [3.63, 3.8) is 0 Å². The van der Waals surface area contributed by atoms with Gasteiger partial charge >= 0.3 is 11.7 Å². The van der Waals surface area contributed by atoms with Gasteiger partial charge in [0.05, 0.1) is 7.11 Å². The molecule has 1 rings (SSSR count). The first kappa shape index (κ1) is 12.0. The van der Waals surface area contributed by atoms with Crippen LogP contribution in [0.2, 0.25) is 5.02 Å². The molecule has 0 fully saturated rings. The molecule has 6 heteroatoms. The fraction of sp³-hybridized carbons (Fsp3) is 0.100. The fourth-order valence-corrected chi connectivity index (χ4v) is 1.24. The number of esters is 1. The van der Waals surface area contributed by atoms with Gasteiger partial charge < -0.3 is 9.84 Å². The molecule has 0 unspecified atom stereocenters.